The van der Waals surface area contributed by atoms with E-state index in [4.69, 9.17) is 14.5 Å². The predicted molar refractivity (Wildman–Crippen MR) is 169 cm³/mol. The van der Waals surface area contributed by atoms with E-state index in [1.807, 2.05) is 91.9 Å². The maximum absolute atomic E-state index is 13.6. The molecule has 7 nitrogen and oxygen atoms in total. The van der Waals surface area contributed by atoms with Crippen LogP contribution < -0.4 is 19.7 Å². The molecular formula is C32H26BrN3O4S. The van der Waals surface area contributed by atoms with Crippen molar-refractivity contribution in [3.05, 3.63) is 118 Å². The number of carbonyl (C=O) groups excluding carboxylic acids is 2. The van der Waals surface area contributed by atoms with E-state index in [9.17, 15) is 9.59 Å². The van der Waals surface area contributed by atoms with E-state index in [1.165, 1.54) is 11.8 Å². The van der Waals surface area contributed by atoms with Gasteiger partial charge in [0.1, 0.15) is 0 Å². The van der Waals surface area contributed by atoms with Crippen LogP contribution in [0.3, 0.4) is 0 Å². The molecule has 1 aliphatic rings. The lowest BCUT2D eigenvalue weighted by Gasteiger charge is -2.15. The zero-order valence-corrected chi connectivity index (χ0v) is 24.5. The van der Waals surface area contributed by atoms with Crippen LogP contribution in [0.1, 0.15) is 12.5 Å². The molecule has 0 bridgehead atoms. The summed E-state index contributed by atoms with van der Waals surface area (Å²) in [5, 5.41) is 3.36. The Labute approximate surface area is 251 Å². The van der Waals surface area contributed by atoms with E-state index in [0.29, 0.717) is 38.3 Å². The highest BCUT2D eigenvalue weighted by Gasteiger charge is 2.34. The van der Waals surface area contributed by atoms with E-state index >= 15 is 0 Å². The number of halogens is 1. The molecular weight excluding hydrogens is 602 g/mol. The molecule has 0 aliphatic carbocycles. The zero-order valence-electron chi connectivity index (χ0n) is 22.1. The number of hydrogen-bond donors (Lipinski definition) is 1. The smallest absolute Gasteiger partial charge is 0.271 e. The second kappa shape index (κ2) is 13.3. The van der Waals surface area contributed by atoms with Crippen LogP contribution in [-0.2, 0) is 9.59 Å². The maximum atomic E-state index is 13.6. The molecule has 0 atom stereocenters. The first-order valence-electron chi connectivity index (χ1n) is 12.9. The van der Waals surface area contributed by atoms with Crippen LogP contribution in [0.5, 0.6) is 11.5 Å². The summed E-state index contributed by atoms with van der Waals surface area (Å²) in [7, 11) is 0. The number of benzene rings is 4. The van der Waals surface area contributed by atoms with E-state index in [0.717, 1.165) is 16.9 Å². The highest BCUT2D eigenvalue weighted by atomic mass is 79.9. The van der Waals surface area contributed by atoms with Crippen LogP contribution in [0.2, 0.25) is 0 Å². The Morgan fingerprint density at radius 3 is 2.29 bits per heavy atom. The monoisotopic (exact) mass is 627 g/mol. The van der Waals surface area contributed by atoms with Gasteiger partial charge in [-0.2, -0.15) is 0 Å². The zero-order chi connectivity index (χ0) is 28.6. The van der Waals surface area contributed by atoms with E-state index in [1.54, 1.807) is 29.2 Å². The number of amidine groups is 1. The fourth-order valence-corrected chi connectivity index (χ4v) is 5.62. The second-order valence-corrected chi connectivity index (χ2v) is 10.6. The number of thioether (sulfide) groups is 1. The third-order valence-electron chi connectivity index (χ3n) is 5.84. The minimum atomic E-state index is -0.295. The van der Waals surface area contributed by atoms with Gasteiger partial charge in [-0.3, -0.25) is 14.5 Å². The quantitative estimate of drug-likeness (QED) is 0.193. The molecule has 0 radical (unpaired) electrons. The summed E-state index contributed by atoms with van der Waals surface area (Å²) in [6.45, 7) is 2.06. The lowest BCUT2D eigenvalue weighted by atomic mass is 10.1. The molecule has 4 aromatic rings. The molecule has 1 N–H and O–H groups in total. The van der Waals surface area contributed by atoms with Gasteiger partial charge in [0.05, 0.1) is 27.4 Å². The topological polar surface area (TPSA) is 80.2 Å². The van der Waals surface area contributed by atoms with Crippen LogP contribution in [0.25, 0.3) is 6.08 Å². The highest BCUT2D eigenvalue weighted by molar-refractivity contribution is 9.10. The SMILES string of the molecule is CCOc1cc(/C=C2\SC(=Nc3ccccc3)N(c3ccccc3)C2=O)cc(Br)c1OCC(=O)Nc1ccccc1. The van der Waals surface area contributed by atoms with Crippen molar-refractivity contribution in [1.29, 1.82) is 0 Å². The molecule has 206 valence electrons. The first-order chi connectivity index (χ1) is 20.0. The lowest BCUT2D eigenvalue weighted by Crippen LogP contribution is -2.28. The predicted octanol–water partition coefficient (Wildman–Crippen LogP) is 7.67. The largest absolute Gasteiger partial charge is 0.490 e. The normalized spacial score (nSPS) is 14.9. The van der Waals surface area contributed by atoms with Gasteiger partial charge in [0, 0.05) is 5.69 Å². The van der Waals surface area contributed by atoms with Gasteiger partial charge in [-0.15, -0.1) is 0 Å². The molecule has 9 heteroatoms. The second-order valence-electron chi connectivity index (χ2n) is 8.78. The molecule has 5 rings (SSSR count). The maximum Gasteiger partial charge on any atom is 0.271 e. The van der Waals surface area contributed by atoms with Crippen molar-refractivity contribution in [2.24, 2.45) is 4.99 Å². The number of nitrogens with zero attached hydrogens (tertiary/aromatic N) is 2. The molecule has 1 heterocycles. The third-order valence-corrected chi connectivity index (χ3v) is 7.39. The fourth-order valence-electron chi connectivity index (χ4n) is 4.05. The van der Waals surface area contributed by atoms with Crippen molar-refractivity contribution in [2.45, 2.75) is 6.92 Å². The Morgan fingerprint density at radius 1 is 0.951 bits per heavy atom. The minimum absolute atomic E-state index is 0.178. The van der Waals surface area contributed by atoms with E-state index < -0.39 is 0 Å². The molecule has 1 fully saturated rings. The Balaban J connectivity index is 1.41. The fraction of sp³-hybridized carbons (Fsp3) is 0.0938. The summed E-state index contributed by atoms with van der Waals surface area (Å²) >= 11 is 4.87. The van der Waals surface area contributed by atoms with Crippen molar-refractivity contribution in [1.82, 2.24) is 0 Å². The molecule has 0 spiro atoms. The molecule has 0 unspecified atom stereocenters. The number of para-hydroxylation sites is 3. The Morgan fingerprint density at radius 2 is 1.61 bits per heavy atom. The third kappa shape index (κ3) is 7.06. The van der Waals surface area contributed by atoms with Crippen molar-refractivity contribution in [2.75, 3.05) is 23.4 Å². The Kier molecular flexibility index (Phi) is 9.18. The summed E-state index contributed by atoms with van der Waals surface area (Å²) in [6.07, 6.45) is 1.80. The molecule has 1 aliphatic heterocycles. The molecule has 4 aromatic carbocycles. The van der Waals surface area contributed by atoms with E-state index in [2.05, 4.69) is 21.2 Å². The van der Waals surface area contributed by atoms with Gasteiger partial charge < -0.3 is 14.8 Å². The van der Waals surface area contributed by atoms with Crippen molar-refractivity contribution < 1.29 is 19.1 Å². The van der Waals surface area contributed by atoms with Crippen LogP contribution in [0.15, 0.2) is 117 Å². The average Bonchev–Trinajstić information content (AvgIpc) is 3.28. The standard InChI is InChI=1S/C32H26BrN3O4S/c1-2-39-27-19-22(18-26(33)30(27)40-21-29(37)34-23-12-6-3-7-13-23)20-28-31(38)36(25-16-10-5-11-17-25)32(41-28)35-24-14-8-4-9-15-24/h3-20H,2,21H2,1H3,(H,34,37)/b28-20-,35-32?. The van der Waals surface area contributed by atoms with Crippen molar-refractivity contribution in [3.63, 3.8) is 0 Å². The van der Waals surface area contributed by atoms with Crippen LogP contribution in [-0.4, -0.2) is 30.2 Å². The molecule has 41 heavy (non-hydrogen) atoms. The van der Waals surface area contributed by atoms with Gasteiger partial charge >= 0.3 is 0 Å². The summed E-state index contributed by atoms with van der Waals surface area (Å²) < 4.78 is 12.3. The van der Waals surface area contributed by atoms with Gasteiger partial charge in [-0.1, -0.05) is 54.6 Å². The number of nitrogens with one attached hydrogen (secondary N) is 1. The van der Waals surface area contributed by atoms with Crippen LogP contribution >= 0.6 is 27.7 Å². The summed E-state index contributed by atoms with van der Waals surface area (Å²) in [5.74, 6) is 0.383. The lowest BCUT2D eigenvalue weighted by molar-refractivity contribution is -0.118. The number of carbonyl (C=O) groups is 2. The Hall–Kier alpha value is -4.34. The van der Waals surface area contributed by atoms with Crippen LogP contribution in [0.4, 0.5) is 17.1 Å². The van der Waals surface area contributed by atoms with Crippen molar-refractivity contribution in [3.8, 4) is 11.5 Å². The molecule has 1 saturated heterocycles. The van der Waals surface area contributed by atoms with Crippen LogP contribution in [0, 0.1) is 0 Å². The van der Waals surface area contributed by atoms with Gasteiger partial charge in [-0.05, 0) is 94.8 Å². The summed E-state index contributed by atoms with van der Waals surface area (Å²) in [4.78, 5) is 33.0. The number of aliphatic imine (C=N–C) groups is 1. The molecule has 0 saturated carbocycles. The van der Waals surface area contributed by atoms with Crippen molar-refractivity contribution >= 4 is 67.8 Å². The van der Waals surface area contributed by atoms with Gasteiger partial charge in [0.2, 0.25) is 0 Å². The van der Waals surface area contributed by atoms with Gasteiger partial charge in [0.25, 0.3) is 11.8 Å². The molecule has 0 aromatic heterocycles. The first-order valence-corrected chi connectivity index (χ1v) is 14.5. The number of hydrogen-bond acceptors (Lipinski definition) is 6. The summed E-state index contributed by atoms with van der Waals surface area (Å²) in [6, 6.07) is 31.8. The number of amides is 2. The minimum Gasteiger partial charge on any atom is -0.490 e. The average molecular weight is 629 g/mol. The Bertz CT molecular complexity index is 1600. The van der Waals surface area contributed by atoms with Gasteiger partial charge in [-0.25, -0.2) is 4.99 Å². The summed E-state index contributed by atoms with van der Waals surface area (Å²) in [5.41, 5.74) is 2.90. The first kappa shape index (κ1) is 28.2. The number of ether oxygens (including phenoxy) is 2. The number of anilines is 2. The van der Waals surface area contributed by atoms with Gasteiger partial charge in [0.15, 0.2) is 23.3 Å². The highest BCUT2D eigenvalue weighted by Crippen LogP contribution is 2.41. The molecule has 2 amide bonds. The van der Waals surface area contributed by atoms with E-state index in [-0.39, 0.29) is 18.4 Å². The number of rotatable bonds is 9.